The van der Waals surface area contributed by atoms with Gasteiger partial charge in [0.2, 0.25) is 0 Å². The van der Waals surface area contributed by atoms with E-state index in [4.69, 9.17) is 11.6 Å². The number of imidazole rings is 1. The first-order chi connectivity index (χ1) is 9.13. The molecule has 7 heteroatoms. The lowest BCUT2D eigenvalue weighted by Crippen LogP contribution is -2.38. The molecule has 0 atom stereocenters. The number of rotatable bonds is 5. The van der Waals surface area contributed by atoms with Crippen LogP contribution in [0.3, 0.4) is 0 Å². The number of aryl methyl sites for hydroxylation is 1. The Hall–Kier alpha value is -1.82. The summed E-state index contributed by atoms with van der Waals surface area (Å²) in [5, 5.41) is 0.149. The van der Waals surface area contributed by atoms with Crippen LogP contribution in [-0.2, 0) is 19.5 Å². The molecule has 2 aromatic heterocycles. The fourth-order valence-electron chi connectivity index (χ4n) is 1.89. The van der Waals surface area contributed by atoms with Crippen molar-refractivity contribution in [2.75, 3.05) is 0 Å². The van der Waals surface area contributed by atoms with Crippen molar-refractivity contribution in [3.8, 4) is 0 Å². The molecule has 0 radical (unpaired) electrons. The molecule has 0 amide bonds. The van der Waals surface area contributed by atoms with E-state index in [0.29, 0.717) is 25.1 Å². The molecule has 0 saturated heterocycles. The van der Waals surface area contributed by atoms with Gasteiger partial charge in [0.25, 0.3) is 5.56 Å². The molecule has 0 aliphatic rings. The molecule has 1 N–H and O–H groups in total. The van der Waals surface area contributed by atoms with Gasteiger partial charge >= 0.3 is 5.69 Å². The zero-order valence-corrected chi connectivity index (χ0v) is 11.4. The number of nitrogens with zero attached hydrogens (tertiary/aromatic N) is 3. The largest absolute Gasteiger partial charge is 0.336 e. The highest BCUT2D eigenvalue weighted by Crippen LogP contribution is 2.07. The highest BCUT2D eigenvalue weighted by Gasteiger charge is 2.11. The van der Waals surface area contributed by atoms with Crippen molar-refractivity contribution in [3.63, 3.8) is 0 Å². The minimum Gasteiger partial charge on any atom is -0.336 e. The number of aromatic amines is 1. The predicted molar refractivity (Wildman–Crippen MR) is 72.6 cm³/mol. The summed E-state index contributed by atoms with van der Waals surface area (Å²) in [4.78, 5) is 30.4. The normalized spacial score (nSPS) is 10.8. The summed E-state index contributed by atoms with van der Waals surface area (Å²) in [6, 6.07) is 0. The summed E-state index contributed by atoms with van der Waals surface area (Å²) >= 11 is 5.90. The van der Waals surface area contributed by atoms with E-state index in [-0.39, 0.29) is 10.7 Å². The first-order valence-electron chi connectivity index (χ1n) is 6.10. The van der Waals surface area contributed by atoms with Crippen molar-refractivity contribution in [2.45, 2.75) is 32.9 Å². The molecular formula is C12H15ClN4O2. The van der Waals surface area contributed by atoms with Crippen molar-refractivity contribution in [1.29, 1.82) is 0 Å². The summed E-state index contributed by atoms with van der Waals surface area (Å²) in [5.41, 5.74) is -0.319. The van der Waals surface area contributed by atoms with Gasteiger partial charge in [-0.25, -0.2) is 9.78 Å². The molecule has 0 aromatic carbocycles. The van der Waals surface area contributed by atoms with Crippen LogP contribution in [0.25, 0.3) is 0 Å². The molecule has 6 nitrogen and oxygen atoms in total. The van der Waals surface area contributed by atoms with Crippen LogP contribution in [0.4, 0.5) is 0 Å². The van der Waals surface area contributed by atoms with Crippen LogP contribution in [0.5, 0.6) is 0 Å². The van der Waals surface area contributed by atoms with Crippen LogP contribution in [0.1, 0.15) is 18.9 Å². The summed E-state index contributed by atoms with van der Waals surface area (Å²) < 4.78 is 2.98. The van der Waals surface area contributed by atoms with Crippen molar-refractivity contribution in [3.05, 3.63) is 50.3 Å². The smallest absolute Gasteiger partial charge is 0.329 e. The number of hydrogen-bond acceptors (Lipinski definition) is 3. The van der Waals surface area contributed by atoms with Crippen LogP contribution >= 0.6 is 11.6 Å². The third kappa shape index (κ3) is 2.96. The molecule has 19 heavy (non-hydrogen) atoms. The van der Waals surface area contributed by atoms with Crippen molar-refractivity contribution in [2.24, 2.45) is 0 Å². The maximum absolute atomic E-state index is 12.2. The monoisotopic (exact) mass is 282 g/mol. The van der Waals surface area contributed by atoms with Gasteiger partial charge in [-0.05, 0) is 6.42 Å². The van der Waals surface area contributed by atoms with E-state index in [1.54, 1.807) is 23.3 Å². The zero-order valence-electron chi connectivity index (χ0n) is 10.6. The van der Waals surface area contributed by atoms with Gasteiger partial charge in [-0.15, -0.1) is 0 Å². The number of hydrogen-bond donors (Lipinski definition) is 1. The van der Waals surface area contributed by atoms with E-state index in [1.807, 2.05) is 6.92 Å². The second kappa shape index (κ2) is 5.88. The number of halogens is 1. The summed E-state index contributed by atoms with van der Waals surface area (Å²) in [5.74, 6) is 0. The summed E-state index contributed by atoms with van der Waals surface area (Å²) in [7, 11) is 0. The molecule has 0 saturated carbocycles. The second-order valence-corrected chi connectivity index (χ2v) is 4.61. The summed E-state index contributed by atoms with van der Waals surface area (Å²) in [6.45, 7) is 2.76. The summed E-state index contributed by atoms with van der Waals surface area (Å²) in [6.07, 6.45) is 6.42. The van der Waals surface area contributed by atoms with E-state index in [9.17, 15) is 9.59 Å². The fourth-order valence-corrected chi connectivity index (χ4v) is 2.15. The van der Waals surface area contributed by atoms with Crippen molar-refractivity contribution < 1.29 is 0 Å². The van der Waals surface area contributed by atoms with Gasteiger partial charge in [-0.3, -0.25) is 14.3 Å². The molecule has 0 bridgehead atoms. The Morgan fingerprint density at radius 3 is 2.79 bits per heavy atom. The Morgan fingerprint density at radius 1 is 1.37 bits per heavy atom. The van der Waals surface area contributed by atoms with Crippen LogP contribution in [0.15, 0.2) is 28.3 Å². The molecule has 0 unspecified atom stereocenters. The van der Waals surface area contributed by atoms with Gasteiger partial charge in [-0.2, -0.15) is 0 Å². The number of aromatic nitrogens is 4. The lowest BCUT2D eigenvalue weighted by Gasteiger charge is -2.08. The highest BCUT2D eigenvalue weighted by molar-refractivity contribution is 6.30. The van der Waals surface area contributed by atoms with E-state index in [0.717, 1.165) is 6.42 Å². The number of H-pyrrole nitrogens is 1. The molecule has 0 fully saturated rings. The van der Waals surface area contributed by atoms with E-state index < -0.39 is 5.69 Å². The van der Waals surface area contributed by atoms with Gasteiger partial charge in [0, 0.05) is 25.5 Å². The Bertz CT molecular complexity index is 657. The van der Waals surface area contributed by atoms with Gasteiger partial charge in [-0.1, -0.05) is 24.9 Å². The van der Waals surface area contributed by atoms with Crippen molar-refractivity contribution in [1.82, 2.24) is 19.1 Å². The molecule has 0 aliphatic carbocycles. The minimum atomic E-state index is -0.477. The first-order valence-corrected chi connectivity index (χ1v) is 6.48. The number of nitrogens with one attached hydrogen (secondary N) is 1. The van der Waals surface area contributed by atoms with Crippen LogP contribution in [0, 0.1) is 0 Å². The quantitative estimate of drug-likeness (QED) is 0.833. The fraction of sp³-hybridized carbons (Fsp3) is 0.417. The predicted octanol–water partition coefficient (Wildman–Crippen LogP) is 1.04. The molecule has 2 aromatic rings. The molecular weight excluding hydrogens is 268 g/mol. The van der Waals surface area contributed by atoms with Crippen LogP contribution in [0.2, 0.25) is 5.15 Å². The second-order valence-electron chi connectivity index (χ2n) is 4.23. The molecule has 2 heterocycles. The SMILES string of the molecule is CCCc1c(Cl)[nH]c(=O)n(CCn2ccnc2)c1=O. The van der Waals surface area contributed by atoms with Crippen LogP contribution in [-0.4, -0.2) is 19.1 Å². The average Bonchev–Trinajstić information content (AvgIpc) is 2.87. The standard InChI is InChI=1S/C12H15ClN4O2/c1-2-3-9-10(13)15-12(19)17(11(9)18)7-6-16-5-4-14-8-16/h4-5,8H,2-3,6-7H2,1H3,(H,15,19). The van der Waals surface area contributed by atoms with Crippen LogP contribution < -0.4 is 11.2 Å². The third-order valence-corrected chi connectivity index (χ3v) is 3.19. The zero-order chi connectivity index (χ0) is 13.8. The van der Waals surface area contributed by atoms with Gasteiger partial charge in [0.05, 0.1) is 11.9 Å². The Morgan fingerprint density at radius 2 is 2.16 bits per heavy atom. The Kier molecular flexibility index (Phi) is 4.21. The first kappa shape index (κ1) is 13.6. The maximum Gasteiger partial charge on any atom is 0.329 e. The van der Waals surface area contributed by atoms with Gasteiger partial charge in [0.1, 0.15) is 5.15 Å². The average molecular weight is 283 g/mol. The van der Waals surface area contributed by atoms with E-state index in [2.05, 4.69) is 9.97 Å². The van der Waals surface area contributed by atoms with E-state index >= 15 is 0 Å². The molecule has 0 spiro atoms. The van der Waals surface area contributed by atoms with Gasteiger partial charge < -0.3 is 4.57 Å². The Balaban J connectivity index is 2.32. The molecule has 102 valence electrons. The Labute approximate surface area is 114 Å². The molecule has 0 aliphatic heterocycles. The van der Waals surface area contributed by atoms with Gasteiger partial charge in [0.15, 0.2) is 0 Å². The lowest BCUT2D eigenvalue weighted by molar-refractivity contribution is 0.538. The minimum absolute atomic E-state index is 0.149. The molecule has 2 rings (SSSR count). The lowest BCUT2D eigenvalue weighted by atomic mass is 10.2. The topological polar surface area (TPSA) is 72.7 Å². The highest BCUT2D eigenvalue weighted by atomic mass is 35.5. The van der Waals surface area contributed by atoms with Crippen molar-refractivity contribution >= 4 is 11.6 Å². The third-order valence-electron chi connectivity index (χ3n) is 2.87. The maximum atomic E-state index is 12.2. The van der Waals surface area contributed by atoms with E-state index in [1.165, 1.54) is 4.57 Å².